The highest BCUT2D eigenvalue weighted by Crippen LogP contribution is 2.40. The second-order valence-electron chi connectivity index (χ2n) is 1.61. The third kappa shape index (κ3) is 0.504. The Morgan fingerprint density at radius 3 is 2.17 bits per heavy atom. The first kappa shape index (κ1) is 4.01. The summed E-state index contributed by atoms with van der Waals surface area (Å²) in [7, 11) is 0. The van der Waals surface area contributed by atoms with Gasteiger partial charge >= 0.3 is 0 Å². The molecule has 1 aliphatic carbocycles. The van der Waals surface area contributed by atoms with E-state index in [1.165, 1.54) is 0 Å². The van der Waals surface area contributed by atoms with Gasteiger partial charge < -0.3 is 0 Å². The van der Waals surface area contributed by atoms with E-state index >= 15 is 0 Å². The molecule has 0 aliphatic heterocycles. The minimum atomic E-state index is -0.319. The van der Waals surface area contributed by atoms with Crippen molar-refractivity contribution in [3.05, 3.63) is 0 Å². The van der Waals surface area contributed by atoms with Crippen LogP contribution in [0.5, 0.6) is 0 Å². The fourth-order valence-electron chi connectivity index (χ4n) is 0.225. The molecular weight excluding hydrogens is 94.1 g/mol. The monoisotopic (exact) mass is 98.0 g/mol. The summed E-state index contributed by atoms with van der Waals surface area (Å²) in [6, 6.07) is 2.03. The van der Waals surface area contributed by atoms with Gasteiger partial charge in [0.05, 0.1) is 6.07 Å². The van der Waals surface area contributed by atoms with Crippen molar-refractivity contribution in [3.8, 4) is 6.07 Å². The van der Waals surface area contributed by atoms with Gasteiger partial charge in [-0.15, -0.1) is 0 Å². The maximum Gasteiger partial charge on any atom is 0.113 e. The van der Waals surface area contributed by atoms with Crippen LogP contribution in [0.1, 0.15) is 12.8 Å². The molecule has 1 aliphatic rings. The molecule has 1 fully saturated rings. The van der Waals surface area contributed by atoms with Crippen molar-refractivity contribution in [2.24, 2.45) is 0 Å². The minimum absolute atomic E-state index is 0.319. The van der Waals surface area contributed by atoms with E-state index in [-0.39, 0.29) is 4.75 Å². The zero-order valence-corrected chi connectivity index (χ0v) is 4.09. The van der Waals surface area contributed by atoms with Crippen LogP contribution in [0.15, 0.2) is 0 Å². The molecule has 31 valence electrons. The summed E-state index contributed by atoms with van der Waals surface area (Å²) in [6.45, 7) is 0. The second kappa shape index (κ2) is 0.913. The first-order chi connectivity index (χ1) is 2.77. The summed E-state index contributed by atoms with van der Waals surface area (Å²) >= 11 is 4.74. The normalized spacial score (nSPS) is 25.3. The van der Waals surface area contributed by atoms with Crippen molar-refractivity contribution in [1.82, 2.24) is 0 Å². The molecule has 6 heavy (non-hydrogen) atoms. The number of nitriles is 1. The highest BCUT2D eigenvalue weighted by Gasteiger charge is 2.39. The Morgan fingerprint density at radius 1 is 1.67 bits per heavy atom. The van der Waals surface area contributed by atoms with Crippen LogP contribution in [0.4, 0.5) is 0 Å². The van der Waals surface area contributed by atoms with E-state index < -0.39 is 0 Å². The van der Waals surface area contributed by atoms with Crippen LogP contribution < -0.4 is 0 Å². The van der Waals surface area contributed by atoms with Crippen molar-refractivity contribution in [2.75, 3.05) is 0 Å². The van der Waals surface area contributed by atoms with E-state index in [0.717, 1.165) is 12.8 Å². The minimum Gasteiger partial charge on any atom is -0.197 e. The van der Waals surface area contributed by atoms with Gasteiger partial charge in [-0.2, -0.15) is 5.26 Å². The number of hydrogen-bond acceptors (Lipinski definition) is 1. The van der Waals surface area contributed by atoms with Gasteiger partial charge in [-0.3, -0.25) is 0 Å². The van der Waals surface area contributed by atoms with Crippen LogP contribution >= 0.6 is 12.6 Å². The van der Waals surface area contributed by atoms with Crippen LogP contribution in [0, 0.1) is 11.3 Å². The fourth-order valence-corrected chi connectivity index (χ4v) is 0.327. The van der Waals surface area contributed by atoms with Gasteiger partial charge in [-0.25, -0.2) is 0 Å². The summed E-state index contributed by atoms with van der Waals surface area (Å²) in [4.78, 5) is 0. The molecule has 0 amide bonds. The molecule has 0 aromatic rings. The summed E-state index contributed by atoms with van der Waals surface area (Å²) < 4.78 is -0.319. The molecule has 0 unspecified atom stereocenters. The number of hydrogen-bond donors (Lipinski definition) is 0. The molecule has 0 spiro atoms. The third-order valence-corrected chi connectivity index (χ3v) is 1.41. The molecular formula is C4H4NS. The van der Waals surface area contributed by atoms with Gasteiger partial charge in [0.1, 0.15) is 4.75 Å². The van der Waals surface area contributed by atoms with Crippen LogP contribution in [0.2, 0.25) is 0 Å². The molecule has 0 saturated heterocycles. The van der Waals surface area contributed by atoms with Gasteiger partial charge in [0.15, 0.2) is 0 Å². The Hall–Kier alpha value is -0.160. The van der Waals surface area contributed by atoms with Crippen molar-refractivity contribution in [1.29, 1.82) is 5.26 Å². The maximum atomic E-state index is 8.11. The smallest absolute Gasteiger partial charge is 0.113 e. The molecule has 1 saturated carbocycles. The Bertz CT molecular complexity index is 98.6. The zero-order chi connectivity index (χ0) is 4.62. The zero-order valence-electron chi connectivity index (χ0n) is 3.27. The lowest BCUT2D eigenvalue weighted by atomic mass is 10.5. The van der Waals surface area contributed by atoms with E-state index in [0.29, 0.717) is 0 Å². The topological polar surface area (TPSA) is 23.8 Å². The molecule has 2 heteroatoms. The van der Waals surface area contributed by atoms with E-state index in [4.69, 9.17) is 17.9 Å². The Kier molecular flexibility index (Phi) is 0.611. The van der Waals surface area contributed by atoms with Crippen LogP contribution in [-0.2, 0) is 0 Å². The number of rotatable bonds is 0. The van der Waals surface area contributed by atoms with Crippen LogP contribution in [0.3, 0.4) is 0 Å². The molecule has 0 heterocycles. The summed E-state index contributed by atoms with van der Waals surface area (Å²) in [5, 5.41) is 8.11. The first-order valence-electron chi connectivity index (χ1n) is 1.88. The Morgan fingerprint density at radius 2 is 2.17 bits per heavy atom. The molecule has 0 bridgehead atoms. The third-order valence-electron chi connectivity index (χ3n) is 0.908. The fraction of sp³-hybridized carbons (Fsp3) is 0.750. The second-order valence-corrected chi connectivity index (χ2v) is 2.39. The predicted molar refractivity (Wildman–Crippen MR) is 25.2 cm³/mol. The average molecular weight is 98.2 g/mol. The van der Waals surface area contributed by atoms with E-state index in [9.17, 15) is 0 Å². The molecule has 0 aromatic heterocycles. The maximum absolute atomic E-state index is 8.11. The molecule has 1 radical (unpaired) electrons. The molecule has 0 N–H and O–H groups in total. The van der Waals surface area contributed by atoms with Gasteiger partial charge in [-0.05, 0) is 12.8 Å². The quantitative estimate of drug-likeness (QED) is 0.447. The standard InChI is InChI=1S/C4H4NS/c5-3-4(6)1-2-4/h1-2H2. The lowest BCUT2D eigenvalue weighted by Crippen LogP contribution is -1.86. The summed E-state index contributed by atoms with van der Waals surface area (Å²) in [5.74, 6) is 0. The summed E-state index contributed by atoms with van der Waals surface area (Å²) in [6.07, 6.45) is 1.86. The van der Waals surface area contributed by atoms with Gasteiger partial charge in [0, 0.05) is 0 Å². The first-order valence-corrected chi connectivity index (χ1v) is 2.29. The molecule has 1 rings (SSSR count). The van der Waals surface area contributed by atoms with Crippen LogP contribution in [-0.4, -0.2) is 4.75 Å². The molecule has 1 nitrogen and oxygen atoms in total. The molecule has 0 aromatic carbocycles. The largest absolute Gasteiger partial charge is 0.197 e. The van der Waals surface area contributed by atoms with E-state index in [1.807, 2.05) is 6.07 Å². The highest BCUT2D eigenvalue weighted by atomic mass is 32.1. The highest BCUT2D eigenvalue weighted by molar-refractivity contribution is 7.82. The lowest BCUT2D eigenvalue weighted by Gasteiger charge is -1.79. The molecule has 0 atom stereocenters. The van der Waals surface area contributed by atoms with Crippen LogP contribution in [0.25, 0.3) is 0 Å². The van der Waals surface area contributed by atoms with E-state index in [2.05, 4.69) is 0 Å². The predicted octanol–water partition coefficient (Wildman–Crippen LogP) is 1.24. The Balaban J connectivity index is 2.54. The van der Waals surface area contributed by atoms with Crippen molar-refractivity contribution >= 4 is 12.6 Å². The number of nitrogens with zero attached hydrogens (tertiary/aromatic N) is 1. The lowest BCUT2D eigenvalue weighted by molar-refractivity contribution is 1.21. The van der Waals surface area contributed by atoms with Gasteiger partial charge in [0.25, 0.3) is 0 Å². The van der Waals surface area contributed by atoms with E-state index in [1.54, 1.807) is 0 Å². The van der Waals surface area contributed by atoms with Crippen molar-refractivity contribution < 1.29 is 0 Å². The Labute approximate surface area is 42.4 Å². The summed E-state index contributed by atoms with van der Waals surface area (Å²) in [5.41, 5.74) is 0. The van der Waals surface area contributed by atoms with Gasteiger partial charge in [0.2, 0.25) is 0 Å². The van der Waals surface area contributed by atoms with Gasteiger partial charge in [-0.1, -0.05) is 12.6 Å². The average Bonchev–Trinajstić information content (AvgIpc) is 2.22. The SMILES string of the molecule is N#CC1([S])CC1. The van der Waals surface area contributed by atoms with Crippen molar-refractivity contribution in [3.63, 3.8) is 0 Å². The van der Waals surface area contributed by atoms with Crippen molar-refractivity contribution in [2.45, 2.75) is 17.6 Å².